The molecule has 2 aromatic rings. The standard InChI is InChI=1S/C20H21F2NO4/c1-3-4-11-26-20(25)14-5-8-16(9-6-14)27-13(2)19(24)23-18-10-7-15(21)12-17(18)22/h5-10,12-13H,3-4,11H2,1-2H3,(H,23,24)/t13-/m1/s1. The molecule has 0 fully saturated rings. The van der Waals surface area contributed by atoms with Crippen molar-refractivity contribution in [3.8, 4) is 5.75 Å². The minimum Gasteiger partial charge on any atom is -0.481 e. The molecule has 7 heteroatoms. The first-order valence-electron chi connectivity index (χ1n) is 8.60. The van der Waals surface area contributed by atoms with Crippen molar-refractivity contribution >= 4 is 17.6 Å². The van der Waals surface area contributed by atoms with E-state index in [1.807, 2.05) is 6.92 Å². The van der Waals surface area contributed by atoms with Gasteiger partial charge in [0.2, 0.25) is 0 Å². The first kappa shape index (κ1) is 20.4. The normalized spacial score (nSPS) is 11.6. The van der Waals surface area contributed by atoms with E-state index in [9.17, 15) is 18.4 Å². The summed E-state index contributed by atoms with van der Waals surface area (Å²) in [6.07, 6.45) is 0.799. The van der Waals surface area contributed by atoms with Crippen molar-refractivity contribution in [2.45, 2.75) is 32.8 Å². The summed E-state index contributed by atoms with van der Waals surface area (Å²) < 4.78 is 37.1. The number of carbonyl (C=O) groups is 2. The van der Waals surface area contributed by atoms with Gasteiger partial charge in [0, 0.05) is 6.07 Å². The molecule has 0 aliphatic rings. The monoisotopic (exact) mass is 377 g/mol. The molecule has 1 amide bonds. The zero-order chi connectivity index (χ0) is 19.8. The third-order valence-electron chi connectivity index (χ3n) is 3.69. The van der Waals surface area contributed by atoms with Gasteiger partial charge in [0.1, 0.15) is 17.4 Å². The van der Waals surface area contributed by atoms with Crippen molar-refractivity contribution in [2.75, 3.05) is 11.9 Å². The average Bonchev–Trinajstić information content (AvgIpc) is 2.64. The number of unbranched alkanes of at least 4 members (excludes halogenated alkanes) is 1. The van der Waals surface area contributed by atoms with Crippen LogP contribution in [0, 0.1) is 11.6 Å². The van der Waals surface area contributed by atoms with Gasteiger partial charge in [0.25, 0.3) is 5.91 Å². The first-order valence-corrected chi connectivity index (χ1v) is 8.60. The SMILES string of the molecule is CCCCOC(=O)c1ccc(O[C@H](C)C(=O)Nc2ccc(F)cc2F)cc1. The van der Waals surface area contributed by atoms with E-state index in [0.29, 0.717) is 24.0 Å². The molecule has 2 rings (SSSR count). The molecule has 2 aromatic carbocycles. The maximum atomic E-state index is 13.6. The lowest BCUT2D eigenvalue weighted by Gasteiger charge is -2.15. The van der Waals surface area contributed by atoms with Crippen LogP contribution in [-0.2, 0) is 9.53 Å². The van der Waals surface area contributed by atoms with E-state index in [-0.39, 0.29) is 5.69 Å². The van der Waals surface area contributed by atoms with Crippen LogP contribution in [0.15, 0.2) is 42.5 Å². The highest BCUT2D eigenvalue weighted by atomic mass is 19.1. The Morgan fingerprint density at radius 2 is 1.81 bits per heavy atom. The Labute approximate surface area is 156 Å². The molecule has 0 spiro atoms. The zero-order valence-corrected chi connectivity index (χ0v) is 15.1. The summed E-state index contributed by atoms with van der Waals surface area (Å²) in [5, 5.41) is 2.34. The summed E-state index contributed by atoms with van der Waals surface area (Å²) >= 11 is 0. The molecule has 0 bridgehead atoms. The molecule has 0 radical (unpaired) electrons. The molecule has 0 heterocycles. The lowest BCUT2D eigenvalue weighted by atomic mass is 10.2. The Morgan fingerprint density at radius 3 is 2.44 bits per heavy atom. The van der Waals surface area contributed by atoms with Gasteiger partial charge < -0.3 is 14.8 Å². The molecule has 0 aliphatic carbocycles. The molecule has 27 heavy (non-hydrogen) atoms. The zero-order valence-electron chi connectivity index (χ0n) is 15.1. The molecule has 0 saturated carbocycles. The van der Waals surface area contributed by atoms with Crippen LogP contribution in [0.25, 0.3) is 0 Å². The largest absolute Gasteiger partial charge is 0.481 e. The van der Waals surface area contributed by atoms with Crippen molar-refractivity contribution < 1.29 is 27.8 Å². The summed E-state index contributed by atoms with van der Waals surface area (Å²) in [6.45, 7) is 3.86. The van der Waals surface area contributed by atoms with Crippen LogP contribution in [0.4, 0.5) is 14.5 Å². The fraction of sp³-hybridized carbons (Fsp3) is 0.300. The van der Waals surface area contributed by atoms with Gasteiger partial charge in [0.05, 0.1) is 17.9 Å². The number of halogens is 2. The number of hydrogen-bond donors (Lipinski definition) is 1. The van der Waals surface area contributed by atoms with Crippen molar-refractivity contribution in [3.63, 3.8) is 0 Å². The van der Waals surface area contributed by atoms with Gasteiger partial charge in [-0.2, -0.15) is 0 Å². The Balaban J connectivity index is 1.91. The maximum absolute atomic E-state index is 13.6. The van der Waals surface area contributed by atoms with Crippen LogP contribution in [0.5, 0.6) is 5.75 Å². The molecule has 0 unspecified atom stereocenters. The molecule has 0 saturated heterocycles. The van der Waals surface area contributed by atoms with Crippen molar-refractivity contribution in [2.24, 2.45) is 0 Å². The van der Waals surface area contributed by atoms with E-state index in [1.165, 1.54) is 19.1 Å². The third kappa shape index (κ3) is 6.06. The van der Waals surface area contributed by atoms with Crippen LogP contribution in [-0.4, -0.2) is 24.6 Å². The minimum absolute atomic E-state index is 0.137. The van der Waals surface area contributed by atoms with Crippen LogP contribution in [0.1, 0.15) is 37.0 Å². The highest BCUT2D eigenvalue weighted by Crippen LogP contribution is 2.18. The molecular formula is C20H21F2NO4. The first-order chi connectivity index (χ1) is 12.9. The number of ether oxygens (including phenoxy) is 2. The van der Waals surface area contributed by atoms with E-state index in [2.05, 4.69) is 5.32 Å². The Morgan fingerprint density at radius 1 is 1.11 bits per heavy atom. The average molecular weight is 377 g/mol. The molecule has 0 aromatic heterocycles. The highest BCUT2D eigenvalue weighted by molar-refractivity contribution is 5.94. The number of benzene rings is 2. The number of esters is 1. The number of anilines is 1. The lowest BCUT2D eigenvalue weighted by molar-refractivity contribution is -0.122. The quantitative estimate of drug-likeness (QED) is 0.549. The highest BCUT2D eigenvalue weighted by Gasteiger charge is 2.17. The molecule has 1 atom stereocenters. The maximum Gasteiger partial charge on any atom is 0.338 e. The van der Waals surface area contributed by atoms with E-state index in [1.54, 1.807) is 12.1 Å². The van der Waals surface area contributed by atoms with E-state index in [4.69, 9.17) is 9.47 Å². The van der Waals surface area contributed by atoms with E-state index < -0.39 is 29.6 Å². The van der Waals surface area contributed by atoms with Crippen molar-refractivity contribution in [1.82, 2.24) is 0 Å². The van der Waals surface area contributed by atoms with Gasteiger partial charge in [0.15, 0.2) is 6.10 Å². The number of nitrogens with one attached hydrogen (secondary N) is 1. The summed E-state index contributed by atoms with van der Waals surface area (Å²) in [6, 6.07) is 9.01. The Bertz CT molecular complexity index is 793. The second kappa shape index (κ2) is 9.66. The molecule has 0 aliphatic heterocycles. The summed E-state index contributed by atoms with van der Waals surface area (Å²) in [4.78, 5) is 23.9. The number of hydrogen-bond acceptors (Lipinski definition) is 4. The fourth-order valence-corrected chi connectivity index (χ4v) is 2.14. The van der Waals surface area contributed by atoms with E-state index >= 15 is 0 Å². The minimum atomic E-state index is -0.934. The second-order valence-electron chi connectivity index (χ2n) is 5.89. The Hall–Kier alpha value is -2.96. The van der Waals surface area contributed by atoms with Gasteiger partial charge in [-0.1, -0.05) is 13.3 Å². The second-order valence-corrected chi connectivity index (χ2v) is 5.89. The molecule has 1 N–H and O–H groups in total. The number of rotatable bonds is 8. The van der Waals surface area contributed by atoms with Crippen LogP contribution in [0.2, 0.25) is 0 Å². The molecule has 144 valence electrons. The smallest absolute Gasteiger partial charge is 0.338 e. The van der Waals surface area contributed by atoms with Gasteiger partial charge in [-0.25, -0.2) is 13.6 Å². The summed E-state index contributed by atoms with van der Waals surface area (Å²) in [5.74, 6) is -2.26. The predicted octanol–water partition coefficient (Wildman–Crippen LogP) is 4.33. The fourth-order valence-electron chi connectivity index (χ4n) is 2.14. The summed E-state index contributed by atoms with van der Waals surface area (Å²) in [7, 11) is 0. The van der Waals surface area contributed by atoms with Gasteiger partial charge in [-0.05, 0) is 49.7 Å². The van der Waals surface area contributed by atoms with Gasteiger partial charge in [-0.15, -0.1) is 0 Å². The van der Waals surface area contributed by atoms with Crippen LogP contribution >= 0.6 is 0 Å². The van der Waals surface area contributed by atoms with Crippen molar-refractivity contribution in [3.05, 3.63) is 59.7 Å². The number of amides is 1. The molecule has 5 nitrogen and oxygen atoms in total. The molecular weight excluding hydrogens is 356 g/mol. The number of carbonyl (C=O) groups excluding carboxylic acids is 2. The Kier molecular flexibility index (Phi) is 7.28. The predicted molar refractivity (Wildman–Crippen MR) is 96.7 cm³/mol. The lowest BCUT2D eigenvalue weighted by Crippen LogP contribution is -2.30. The topological polar surface area (TPSA) is 64.6 Å². The van der Waals surface area contributed by atoms with Crippen molar-refractivity contribution in [1.29, 1.82) is 0 Å². The van der Waals surface area contributed by atoms with Gasteiger partial charge in [-0.3, -0.25) is 4.79 Å². The third-order valence-corrected chi connectivity index (χ3v) is 3.69. The van der Waals surface area contributed by atoms with E-state index in [0.717, 1.165) is 25.0 Å². The van der Waals surface area contributed by atoms with Crippen LogP contribution in [0.3, 0.4) is 0 Å². The van der Waals surface area contributed by atoms with Gasteiger partial charge >= 0.3 is 5.97 Å². The van der Waals surface area contributed by atoms with Crippen LogP contribution < -0.4 is 10.1 Å². The summed E-state index contributed by atoms with van der Waals surface area (Å²) in [5.41, 5.74) is 0.242.